The van der Waals surface area contributed by atoms with Gasteiger partial charge in [-0.15, -0.1) is 0 Å². The molecule has 0 spiro atoms. The Bertz CT molecular complexity index is 838. The third kappa shape index (κ3) is 4.23. The van der Waals surface area contributed by atoms with Crippen molar-refractivity contribution < 1.29 is 15.0 Å². The van der Waals surface area contributed by atoms with E-state index in [1.54, 1.807) is 18.2 Å². The number of nitrogens with one attached hydrogen (secondary N) is 1. The van der Waals surface area contributed by atoms with Crippen LogP contribution >= 0.6 is 22.6 Å². The average Bonchev–Trinajstić information content (AvgIpc) is 2.49. The normalized spacial score (nSPS) is 10.9. The second-order valence-corrected chi connectivity index (χ2v) is 6.02. The minimum Gasteiger partial charge on any atom is -0.507 e. The molecule has 0 saturated heterocycles. The Kier molecular flexibility index (Phi) is 5.24. The van der Waals surface area contributed by atoms with Crippen molar-refractivity contribution in [2.24, 2.45) is 0 Å². The highest BCUT2D eigenvalue weighted by Gasteiger charge is 2.12. The number of hydrogen-bond acceptors (Lipinski definition) is 4. The van der Waals surface area contributed by atoms with Crippen molar-refractivity contribution in [3.8, 4) is 17.6 Å². The summed E-state index contributed by atoms with van der Waals surface area (Å²) in [7, 11) is 0. The Labute approximate surface area is 147 Å². The Hall–Kier alpha value is -2.53. The molecule has 0 aromatic heterocycles. The number of aryl methyl sites for hydroxylation is 1. The first kappa shape index (κ1) is 16.8. The number of rotatable bonds is 3. The van der Waals surface area contributed by atoms with Crippen LogP contribution in [0.1, 0.15) is 11.1 Å². The minimum atomic E-state index is -0.569. The van der Waals surface area contributed by atoms with Crippen LogP contribution in [0, 0.1) is 21.8 Å². The fourth-order valence-electron chi connectivity index (χ4n) is 1.91. The highest BCUT2D eigenvalue weighted by molar-refractivity contribution is 14.1. The highest BCUT2D eigenvalue weighted by atomic mass is 127. The number of halogens is 1. The van der Waals surface area contributed by atoms with Crippen molar-refractivity contribution in [2.45, 2.75) is 6.92 Å². The van der Waals surface area contributed by atoms with Gasteiger partial charge in [-0.2, -0.15) is 5.26 Å². The summed E-state index contributed by atoms with van der Waals surface area (Å²) in [6, 6.07) is 11.7. The zero-order chi connectivity index (χ0) is 17.0. The first-order valence-corrected chi connectivity index (χ1v) is 7.70. The van der Waals surface area contributed by atoms with E-state index in [2.05, 4.69) is 5.32 Å². The number of carbonyl (C=O) groups excluding carboxylic acids is 1. The van der Waals surface area contributed by atoms with E-state index < -0.39 is 5.91 Å². The number of aromatic hydroxyl groups is 2. The van der Waals surface area contributed by atoms with Crippen molar-refractivity contribution in [3.05, 3.63) is 56.7 Å². The van der Waals surface area contributed by atoms with Crippen LogP contribution < -0.4 is 5.32 Å². The van der Waals surface area contributed by atoms with E-state index in [4.69, 9.17) is 0 Å². The molecule has 0 fully saturated rings. The number of hydrogen-bond donors (Lipinski definition) is 3. The van der Waals surface area contributed by atoms with E-state index in [9.17, 15) is 20.3 Å². The van der Waals surface area contributed by atoms with Gasteiger partial charge in [0.25, 0.3) is 5.91 Å². The summed E-state index contributed by atoms with van der Waals surface area (Å²) in [5, 5.41) is 31.2. The summed E-state index contributed by atoms with van der Waals surface area (Å²) in [5.41, 5.74) is 1.70. The van der Waals surface area contributed by atoms with Gasteiger partial charge in [0, 0.05) is 17.3 Å². The van der Waals surface area contributed by atoms with Gasteiger partial charge in [-0.1, -0.05) is 12.1 Å². The molecule has 2 rings (SSSR count). The van der Waals surface area contributed by atoms with Crippen LogP contribution in [0.3, 0.4) is 0 Å². The van der Waals surface area contributed by atoms with Gasteiger partial charge in [-0.25, -0.2) is 0 Å². The zero-order valence-corrected chi connectivity index (χ0v) is 14.3. The lowest BCUT2D eigenvalue weighted by Crippen LogP contribution is -2.13. The van der Waals surface area contributed by atoms with Gasteiger partial charge < -0.3 is 15.5 Å². The number of carbonyl (C=O) groups is 1. The fraction of sp³-hybridized carbons (Fsp3) is 0.0588. The highest BCUT2D eigenvalue weighted by Crippen LogP contribution is 2.30. The molecule has 1 amide bonds. The molecule has 0 aliphatic rings. The largest absolute Gasteiger partial charge is 0.507 e. The third-order valence-corrected chi connectivity index (χ3v) is 3.90. The zero-order valence-electron chi connectivity index (χ0n) is 12.2. The van der Waals surface area contributed by atoms with Crippen LogP contribution in [-0.2, 0) is 4.79 Å². The maximum absolute atomic E-state index is 12.2. The molecule has 0 bridgehead atoms. The lowest BCUT2D eigenvalue weighted by atomic mass is 10.1. The van der Waals surface area contributed by atoms with Crippen LogP contribution in [0.2, 0.25) is 0 Å². The number of nitriles is 1. The summed E-state index contributed by atoms with van der Waals surface area (Å²) >= 11 is 1.89. The molecule has 0 unspecified atom stereocenters. The molecular weight excluding hydrogens is 407 g/mol. The number of phenols is 2. The van der Waals surface area contributed by atoms with Crippen LogP contribution in [0.15, 0.2) is 42.0 Å². The van der Waals surface area contributed by atoms with Crippen LogP contribution in [0.5, 0.6) is 11.5 Å². The molecule has 2 aromatic rings. The minimum absolute atomic E-state index is 0.0667. The van der Waals surface area contributed by atoms with Crippen molar-refractivity contribution >= 4 is 40.3 Å². The molecule has 0 aliphatic carbocycles. The Morgan fingerprint density at radius 2 is 2.00 bits per heavy atom. The van der Waals surface area contributed by atoms with Gasteiger partial charge in [0.1, 0.15) is 23.1 Å². The van der Waals surface area contributed by atoms with E-state index >= 15 is 0 Å². The number of benzene rings is 2. The molecular formula is C17H13IN2O3. The number of nitrogens with zero attached hydrogens (tertiary/aromatic N) is 1. The molecule has 2 aromatic carbocycles. The van der Waals surface area contributed by atoms with Crippen molar-refractivity contribution in [1.82, 2.24) is 0 Å². The number of phenolic OH excluding ortho intramolecular Hbond substituents is 2. The first-order valence-electron chi connectivity index (χ1n) is 6.62. The predicted octanol–water partition coefficient (Wildman–Crippen LogP) is 3.56. The summed E-state index contributed by atoms with van der Waals surface area (Å²) in [5.74, 6) is -0.845. The van der Waals surface area contributed by atoms with Gasteiger partial charge in [-0.3, -0.25) is 4.79 Å². The summed E-state index contributed by atoms with van der Waals surface area (Å²) in [6.07, 6.45) is 1.28. The molecule has 0 aliphatic heterocycles. The van der Waals surface area contributed by atoms with Crippen LogP contribution in [0.4, 0.5) is 5.69 Å². The first-order chi connectivity index (χ1) is 10.9. The van der Waals surface area contributed by atoms with E-state index in [1.165, 1.54) is 18.2 Å². The van der Waals surface area contributed by atoms with Gasteiger partial charge in [0.05, 0.1) is 3.57 Å². The summed E-state index contributed by atoms with van der Waals surface area (Å²) in [6.45, 7) is 1.90. The predicted molar refractivity (Wildman–Crippen MR) is 95.9 cm³/mol. The van der Waals surface area contributed by atoms with Gasteiger partial charge >= 0.3 is 0 Å². The van der Waals surface area contributed by atoms with E-state index in [0.717, 1.165) is 5.56 Å². The molecule has 6 heteroatoms. The third-order valence-electron chi connectivity index (χ3n) is 3.04. The smallest absolute Gasteiger partial charge is 0.266 e. The molecule has 3 N–H and O–H groups in total. The Morgan fingerprint density at radius 3 is 2.65 bits per heavy atom. The van der Waals surface area contributed by atoms with Gasteiger partial charge in [0.15, 0.2) is 0 Å². The summed E-state index contributed by atoms with van der Waals surface area (Å²) < 4.78 is 0.503. The van der Waals surface area contributed by atoms with E-state index in [0.29, 0.717) is 9.26 Å². The average molecular weight is 420 g/mol. The van der Waals surface area contributed by atoms with Crippen molar-refractivity contribution in [2.75, 3.05) is 5.32 Å². The van der Waals surface area contributed by atoms with Crippen LogP contribution in [-0.4, -0.2) is 16.1 Å². The van der Waals surface area contributed by atoms with Crippen LogP contribution in [0.25, 0.3) is 6.08 Å². The maximum Gasteiger partial charge on any atom is 0.266 e. The lowest BCUT2D eigenvalue weighted by molar-refractivity contribution is -0.112. The molecule has 0 atom stereocenters. The monoisotopic (exact) mass is 420 g/mol. The fourth-order valence-corrected chi connectivity index (χ4v) is 2.40. The molecule has 0 saturated carbocycles. The number of anilines is 1. The number of amides is 1. The molecule has 0 radical (unpaired) electrons. The van der Waals surface area contributed by atoms with E-state index in [1.807, 2.05) is 41.7 Å². The lowest BCUT2D eigenvalue weighted by Gasteiger charge is -2.06. The Morgan fingerprint density at radius 1 is 1.26 bits per heavy atom. The quantitative estimate of drug-likeness (QED) is 0.402. The van der Waals surface area contributed by atoms with E-state index in [-0.39, 0.29) is 22.6 Å². The standard InChI is InChI=1S/C17H13IN2O3/c1-10-3-2-4-13(5-10)20-17(23)12(9-19)6-11-7-14(18)16(22)8-15(11)21/h2-8,21-22H,1H3,(H,20,23)/b12-6-. The molecule has 23 heavy (non-hydrogen) atoms. The molecule has 0 heterocycles. The van der Waals surface area contributed by atoms with Crippen molar-refractivity contribution in [3.63, 3.8) is 0 Å². The SMILES string of the molecule is Cc1cccc(NC(=O)/C(C#N)=C\c2cc(I)c(O)cc2O)c1. The maximum atomic E-state index is 12.2. The Balaban J connectivity index is 2.30. The summed E-state index contributed by atoms with van der Waals surface area (Å²) in [4.78, 5) is 12.2. The second kappa shape index (κ2) is 7.15. The van der Waals surface area contributed by atoms with Gasteiger partial charge in [0.2, 0.25) is 0 Å². The van der Waals surface area contributed by atoms with Gasteiger partial charge in [-0.05, 0) is 59.4 Å². The second-order valence-electron chi connectivity index (χ2n) is 4.86. The molecule has 116 valence electrons. The van der Waals surface area contributed by atoms with Crippen molar-refractivity contribution in [1.29, 1.82) is 5.26 Å². The topological polar surface area (TPSA) is 93.4 Å². The molecule has 5 nitrogen and oxygen atoms in total.